The Labute approximate surface area is 164 Å². The quantitative estimate of drug-likeness (QED) is 0.354. The Bertz CT molecular complexity index is 914. The van der Waals surface area contributed by atoms with E-state index in [1.165, 1.54) is 0 Å². The summed E-state index contributed by atoms with van der Waals surface area (Å²) in [4.78, 5) is 32.7. The van der Waals surface area contributed by atoms with Crippen molar-refractivity contribution in [2.24, 2.45) is 0 Å². The summed E-state index contributed by atoms with van der Waals surface area (Å²) in [6, 6.07) is 13.3. The lowest BCUT2D eigenvalue weighted by Gasteiger charge is -2.15. The van der Waals surface area contributed by atoms with Crippen LogP contribution in [0.3, 0.4) is 0 Å². The van der Waals surface area contributed by atoms with Crippen molar-refractivity contribution in [1.82, 2.24) is 9.97 Å². The Balaban J connectivity index is 1.87. The molecule has 132 valence electrons. The van der Waals surface area contributed by atoms with E-state index in [1.807, 2.05) is 0 Å². The number of aromatic amines is 1. The van der Waals surface area contributed by atoms with Crippen LogP contribution >= 0.6 is 35.0 Å². The first-order chi connectivity index (χ1) is 12.5. The standard InChI is InChI=1S/C18H13Cl2N3O2S/c19-11-5-7-12(8-6-11)23-17(25)16(26-18-21-9-10-22-18)15(24)13-3-1-2-4-14(13)20/h1-10,16H,(H,21,22)(H,23,25). The van der Waals surface area contributed by atoms with Crippen LogP contribution in [0.25, 0.3) is 0 Å². The Morgan fingerprint density at radius 2 is 1.81 bits per heavy atom. The van der Waals surface area contributed by atoms with Gasteiger partial charge in [-0.2, -0.15) is 0 Å². The number of amides is 1. The Kier molecular flexibility index (Phi) is 5.98. The number of rotatable bonds is 6. The van der Waals surface area contributed by atoms with Gasteiger partial charge >= 0.3 is 0 Å². The van der Waals surface area contributed by atoms with Gasteiger partial charge in [-0.3, -0.25) is 9.59 Å². The van der Waals surface area contributed by atoms with Crippen LogP contribution in [0.2, 0.25) is 10.0 Å². The monoisotopic (exact) mass is 405 g/mol. The number of aromatic nitrogens is 2. The van der Waals surface area contributed by atoms with Gasteiger partial charge < -0.3 is 10.3 Å². The number of hydrogen-bond acceptors (Lipinski definition) is 4. The molecule has 0 radical (unpaired) electrons. The van der Waals surface area contributed by atoms with Crippen molar-refractivity contribution in [3.05, 3.63) is 76.5 Å². The highest BCUT2D eigenvalue weighted by atomic mass is 35.5. The summed E-state index contributed by atoms with van der Waals surface area (Å²) < 4.78 is 0. The molecule has 0 aliphatic carbocycles. The van der Waals surface area contributed by atoms with Crippen molar-refractivity contribution in [3.63, 3.8) is 0 Å². The molecule has 3 rings (SSSR count). The first-order valence-corrected chi connectivity index (χ1v) is 9.19. The smallest absolute Gasteiger partial charge is 0.245 e. The molecule has 1 heterocycles. The van der Waals surface area contributed by atoms with Gasteiger partial charge in [0.15, 0.2) is 16.2 Å². The van der Waals surface area contributed by atoms with E-state index >= 15 is 0 Å². The summed E-state index contributed by atoms with van der Waals surface area (Å²) in [7, 11) is 0. The van der Waals surface area contributed by atoms with Crippen LogP contribution in [0, 0.1) is 0 Å². The fourth-order valence-corrected chi connectivity index (χ4v) is 3.43. The van der Waals surface area contributed by atoms with Crippen molar-refractivity contribution in [1.29, 1.82) is 0 Å². The molecule has 26 heavy (non-hydrogen) atoms. The van der Waals surface area contributed by atoms with E-state index in [9.17, 15) is 9.59 Å². The van der Waals surface area contributed by atoms with Crippen LogP contribution < -0.4 is 5.32 Å². The number of imidazole rings is 1. The number of H-pyrrole nitrogens is 1. The van der Waals surface area contributed by atoms with Crippen LogP contribution in [-0.4, -0.2) is 26.9 Å². The van der Waals surface area contributed by atoms with E-state index in [4.69, 9.17) is 23.2 Å². The highest BCUT2D eigenvalue weighted by molar-refractivity contribution is 8.01. The number of carbonyl (C=O) groups is 2. The summed E-state index contributed by atoms with van der Waals surface area (Å²) >= 11 is 13.0. The number of ketones is 1. The molecule has 1 unspecified atom stereocenters. The summed E-state index contributed by atoms with van der Waals surface area (Å²) in [6.45, 7) is 0. The second kappa shape index (κ2) is 8.40. The Morgan fingerprint density at radius 1 is 1.08 bits per heavy atom. The zero-order valence-electron chi connectivity index (χ0n) is 13.3. The van der Waals surface area contributed by atoms with Crippen molar-refractivity contribution in [2.45, 2.75) is 10.4 Å². The Morgan fingerprint density at radius 3 is 2.46 bits per heavy atom. The van der Waals surface area contributed by atoms with Gasteiger partial charge in [0, 0.05) is 28.7 Å². The number of benzene rings is 2. The minimum absolute atomic E-state index is 0.282. The third kappa shape index (κ3) is 4.46. The van der Waals surface area contributed by atoms with Crippen LogP contribution in [0.15, 0.2) is 66.1 Å². The van der Waals surface area contributed by atoms with Gasteiger partial charge in [0.1, 0.15) is 0 Å². The molecular formula is C18H13Cl2N3O2S. The van der Waals surface area contributed by atoms with Gasteiger partial charge in [-0.05, 0) is 36.4 Å². The molecule has 1 amide bonds. The van der Waals surface area contributed by atoms with Gasteiger partial charge in [-0.1, -0.05) is 47.1 Å². The van der Waals surface area contributed by atoms with Crippen LogP contribution in [0.1, 0.15) is 10.4 Å². The zero-order chi connectivity index (χ0) is 18.5. The van der Waals surface area contributed by atoms with Crippen molar-refractivity contribution >= 4 is 52.3 Å². The molecule has 5 nitrogen and oxygen atoms in total. The highest BCUT2D eigenvalue weighted by Gasteiger charge is 2.31. The molecule has 0 saturated carbocycles. The second-order valence-corrected chi connectivity index (χ2v) is 7.17. The van der Waals surface area contributed by atoms with Gasteiger partial charge in [0.2, 0.25) is 5.91 Å². The van der Waals surface area contributed by atoms with E-state index in [1.54, 1.807) is 60.9 Å². The number of anilines is 1. The zero-order valence-corrected chi connectivity index (χ0v) is 15.6. The fraction of sp³-hybridized carbons (Fsp3) is 0.0556. The lowest BCUT2D eigenvalue weighted by molar-refractivity contribution is -0.115. The van der Waals surface area contributed by atoms with Crippen LogP contribution in [-0.2, 0) is 4.79 Å². The summed E-state index contributed by atoms with van der Waals surface area (Å²) in [5, 5.41) is 2.97. The minimum Gasteiger partial charge on any atom is -0.340 e. The minimum atomic E-state index is -1.06. The molecule has 0 spiro atoms. The lowest BCUT2D eigenvalue weighted by Crippen LogP contribution is -2.33. The SMILES string of the molecule is O=C(Nc1ccc(Cl)cc1)C(Sc1ncc[nH]1)C(=O)c1ccccc1Cl. The summed E-state index contributed by atoms with van der Waals surface area (Å²) in [5.74, 6) is -0.873. The number of Topliss-reactive ketones (excluding diaryl/α,β-unsaturated/α-hetero) is 1. The average molecular weight is 406 g/mol. The van der Waals surface area contributed by atoms with E-state index < -0.39 is 16.9 Å². The first kappa shape index (κ1) is 18.5. The normalized spacial score (nSPS) is 11.8. The lowest BCUT2D eigenvalue weighted by atomic mass is 10.1. The molecule has 8 heteroatoms. The maximum atomic E-state index is 12.9. The topological polar surface area (TPSA) is 74.8 Å². The number of nitrogens with one attached hydrogen (secondary N) is 2. The summed E-state index contributed by atoms with van der Waals surface area (Å²) in [5.41, 5.74) is 0.820. The maximum Gasteiger partial charge on any atom is 0.245 e. The van der Waals surface area contributed by atoms with Gasteiger partial charge in [-0.15, -0.1) is 0 Å². The van der Waals surface area contributed by atoms with Crippen molar-refractivity contribution in [3.8, 4) is 0 Å². The second-order valence-electron chi connectivity index (χ2n) is 5.23. The van der Waals surface area contributed by atoms with Gasteiger partial charge in [-0.25, -0.2) is 4.98 Å². The molecule has 0 bridgehead atoms. The molecule has 0 aliphatic heterocycles. The van der Waals surface area contributed by atoms with Gasteiger partial charge in [0.05, 0.1) is 5.02 Å². The first-order valence-electron chi connectivity index (χ1n) is 7.56. The number of thioether (sulfide) groups is 1. The summed E-state index contributed by atoms with van der Waals surface area (Å²) in [6.07, 6.45) is 3.17. The number of hydrogen-bond donors (Lipinski definition) is 2. The van der Waals surface area contributed by atoms with Gasteiger partial charge in [0.25, 0.3) is 0 Å². The number of halogens is 2. The fourth-order valence-electron chi connectivity index (χ4n) is 2.20. The van der Waals surface area contributed by atoms with Crippen molar-refractivity contribution in [2.75, 3.05) is 5.32 Å². The van der Waals surface area contributed by atoms with Crippen LogP contribution in [0.4, 0.5) is 5.69 Å². The Hall–Kier alpha value is -2.28. The van der Waals surface area contributed by atoms with Crippen LogP contribution in [0.5, 0.6) is 0 Å². The highest BCUT2D eigenvalue weighted by Crippen LogP contribution is 2.27. The van der Waals surface area contributed by atoms with E-state index in [0.29, 0.717) is 20.9 Å². The number of carbonyl (C=O) groups excluding carboxylic acids is 2. The van der Waals surface area contributed by atoms with E-state index in [-0.39, 0.29) is 5.56 Å². The third-order valence-electron chi connectivity index (χ3n) is 3.43. The molecule has 0 aliphatic rings. The molecule has 1 atom stereocenters. The molecule has 0 fully saturated rings. The predicted octanol–water partition coefficient (Wildman–Crippen LogP) is 4.70. The maximum absolute atomic E-state index is 12.9. The molecule has 0 saturated heterocycles. The number of nitrogens with zero attached hydrogens (tertiary/aromatic N) is 1. The molecule has 3 aromatic rings. The largest absolute Gasteiger partial charge is 0.340 e. The molecular weight excluding hydrogens is 393 g/mol. The average Bonchev–Trinajstić information content (AvgIpc) is 3.15. The van der Waals surface area contributed by atoms with E-state index in [0.717, 1.165) is 11.8 Å². The molecule has 1 aromatic heterocycles. The van der Waals surface area contributed by atoms with Crippen molar-refractivity contribution < 1.29 is 9.59 Å². The molecule has 2 N–H and O–H groups in total. The van der Waals surface area contributed by atoms with E-state index in [2.05, 4.69) is 15.3 Å². The molecule has 2 aromatic carbocycles. The predicted molar refractivity (Wildman–Crippen MR) is 104 cm³/mol. The third-order valence-corrected chi connectivity index (χ3v) is 5.12.